The molecule has 2 aliphatic rings. The van der Waals surface area contributed by atoms with Crippen molar-refractivity contribution in [2.45, 2.75) is 30.7 Å². The van der Waals surface area contributed by atoms with Gasteiger partial charge in [-0.25, -0.2) is 0 Å². The Morgan fingerprint density at radius 1 is 1.56 bits per heavy atom. The Kier molecular flexibility index (Phi) is 3.77. The third-order valence-electron chi connectivity index (χ3n) is 3.56. The first kappa shape index (κ1) is 12.2. The van der Waals surface area contributed by atoms with E-state index in [2.05, 4.69) is 17.1 Å². The van der Waals surface area contributed by atoms with Crippen molar-refractivity contribution < 1.29 is 9.53 Å². The van der Waals surface area contributed by atoms with Gasteiger partial charge in [0.15, 0.2) is 0 Å². The van der Waals surface area contributed by atoms with Crippen molar-refractivity contribution in [1.29, 1.82) is 0 Å². The lowest BCUT2D eigenvalue weighted by molar-refractivity contribution is -0.142. The lowest BCUT2D eigenvalue weighted by atomic mass is 10.0. The predicted molar refractivity (Wildman–Crippen MR) is 65.5 cm³/mol. The molecule has 0 radical (unpaired) electrons. The molecule has 2 aliphatic heterocycles. The van der Waals surface area contributed by atoms with Crippen LogP contribution in [-0.2, 0) is 9.53 Å². The first-order valence-electron chi connectivity index (χ1n) is 5.91. The Bertz CT molecular complexity index is 265. The fourth-order valence-corrected chi connectivity index (χ4v) is 3.83. The summed E-state index contributed by atoms with van der Waals surface area (Å²) in [5.74, 6) is 0.723. The molecule has 0 aliphatic carbocycles. The molecule has 2 rings (SSSR count). The van der Waals surface area contributed by atoms with Crippen LogP contribution in [-0.4, -0.2) is 54.3 Å². The molecule has 1 spiro atoms. The number of nitrogens with one attached hydrogen (secondary N) is 1. The van der Waals surface area contributed by atoms with Gasteiger partial charge in [0.05, 0.1) is 12.0 Å². The topological polar surface area (TPSA) is 41.6 Å². The zero-order valence-electron chi connectivity index (χ0n) is 9.99. The van der Waals surface area contributed by atoms with Crippen molar-refractivity contribution in [3.05, 3.63) is 0 Å². The average molecular weight is 244 g/mol. The highest BCUT2D eigenvalue weighted by atomic mass is 32.2. The Balaban J connectivity index is 1.90. The van der Waals surface area contributed by atoms with E-state index < -0.39 is 0 Å². The van der Waals surface area contributed by atoms with Crippen molar-refractivity contribution in [3.63, 3.8) is 0 Å². The minimum Gasteiger partial charge on any atom is -0.468 e. The monoisotopic (exact) mass is 244 g/mol. The highest BCUT2D eigenvalue weighted by Gasteiger charge is 2.43. The van der Waals surface area contributed by atoms with Crippen molar-refractivity contribution in [2.24, 2.45) is 0 Å². The highest BCUT2D eigenvalue weighted by Crippen LogP contribution is 2.39. The zero-order chi connectivity index (χ0) is 11.6. The van der Waals surface area contributed by atoms with Gasteiger partial charge in [-0.3, -0.25) is 10.1 Å². The smallest absolute Gasteiger partial charge is 0.323 e. The number of hydrogen-bond donors (Lipinski definition) is 1. The van der Waals surface area contributed by atoms with Crippen molar-refractivity contribution in [1.82, 2.24) is 10.2 Å². The maximum absolute atomic E-state index is 11.5. The first-order valence-corrected chi connectivity index (χ1v) is 6.89. The van der Waals surface area contributed by atoms with Gasteiger partial charge < -0.3 is 9.64 Å². The molecule has 0 bridgehead atoms. The number of nitrogens with zero attached hydrogens (tertiary/aromatic N) is 1. The molecule has 0 amide bonds. The van der Waals surface area contributed by atoms with Gasteiger partial charge in [-0.2, -0.15) is 0 Å². The number of piperidine rings is 1. The Labute approximate surface area is 101 Å². The molecular formula is C11H20N2O2S. The van der Waals surface area contributed by atoms with Crippen LogP contribution in [0.25, 0.3) is 0 Å². The number of esters is 1. The van der Waals surface area contributed by atoms with E-state index in [-0.39, 0.29) is 16.9 Å². The lowest BCUT2D eigenvalue weighted by Gasteiger charge is -2.38. The van der Waals surface area contributed by atoms with Crippen LogP contribution in [0.2, 0.25) is 0 Å². The van der Waals surface area contributed by atoms with E-state index in [1.54, 1.807) is 0 Å². The molecule has 4 nitrogen and oxygen atoms in total. The molecule has 0 saturated carbocycles. The van der Waals surface area contributed by atoms with Gasteiger partial charge in [-0.05, 0) is 19.4 Å². The molecule has 2 heterocycles. The van der Waals surface area contributed by atoms with Gasteiger partial charge in [-0.1, -0.05) is 6.92 Å². The summed E-state index contributed by atoms with van der Waals surface area (Å²) in [5, 5.41) is 3.46. The second kappa shape index (κ2) is 4.94. The third-order valence-corrected chi connectivity index (χ3v) is 5.14. The summed E-state index contributed by atoms with van der Waals surface area (Å²) >= 11 is 1.89. The molecule has 92 valence electrons. The van der Waals surface area contributed by atoms with Crippen LogP contribution in [0.15, 0.2) is 0 Å². The summed E-state index contributed by atoms with van der Waals surface area (Å²) in [4.78, 5) is 14.0. The van der Waals surface area contributed by atoms with E-state index in [0.717, 1.165) is 38.2 Å². The number of rotatable bonds is 2. The summed E-state index contributed by atoms with van der Waals surface area (Å²) in [6, 6.07) is -0.108. The van der Waals surface area contributed by atoms with Crippen molar-refractivity contribution in [2.75, 3.05) is 32.5 Å². The first-order chi connectivity index (χ1) is 7.69. The van der Waals surface area contributed by atoms with Gasteiger partial charge in [-0.15, -0.1) is 11.8 Å². The molecule has 0 unspecified atom stereocenters. The predicted octanol–water partition coefficient (Wildman–Crippen LogP) is 0.676. The molecule has 1 atom stereocenters. The van der Waals surface area contributed by atoms with Crippen LogP contribution in [0, 0.1) is 0 Å². The average Bonchev–Trinajstić information content (AvgIpc) is 2.73. The molecule has 0 aromatic carbocycles. The summed E-state index contributed by atoms with van der Waals surface area (Å²) < 4.78 is 4.79. The number of carbonyl (C=O) groups is 1. The van der Waals surface area contributed by atoms with E-state index >= 15 is 0 Å². The van der Waals surface area contributed by atoms with E-state index in [1.807, 2.05) is 11.8 Å². The highest BCUT2D eigenvalue weighted by molar-refractivity contribution is 8.01. The molecule has 2 saturated heterocycles. The SMILES string of the molecule is CCN1CCC2(CC1)N[C@@H](C(=O)OC)CS2. The fourth-order valence-electron chi connectivity index (χ4n) is 2.43. The van der Waals surface area contributed by atoms with Crippen LogP contribution >= 0.6 is 11.8 Å². The number of thioether (sulfide) groups is 1. The Morgan fingerprint density at radius 3 is 2.81 bits per heavy atom. The normalized spacial score (nSPS) is 29.5. The third kappa shape index (κ3) is 2.36. The van der Waals surface area contributed by atoms with Crippen LogP contribution in [0.1, 0.15) is 19.8 Å². The van der Waals surface area contributed by atoms with Crippen LogP contribution < -0.4 is 5.32 Å². The summed E-state index contributed by atoms with van der Waals surface area (Å²) in [6.07, 6.45) is 2.25. The summed E-state index contributed by atoms with van der Waals surface area (Å²) in [7, 11) is 1.46. The van der Waals surface area contributed by atoms with Gasteiger partial charge in [0.25, 0.3) is 0 Å². The number of carbonyl (C=O) groups excluding carboxylic acids is 1. The van der Waals surface area contributed by atoms with E-state index in [1.165, 1.54) is 7.11 Å². The second-order valence-corrected chi connectivity index (χ2v) is 5.86. The summed E-state index contributed by atoms with van der Waals surface area (Å²) in [5.41, 5.74) is 0. The van der Waals surface area contributed by atoms with Crippen molar-refractivity contribution >= 4 is 17.7 Å². The van der Waals surface area contributed by atoms with Crippen LogP contribution in [0.5, 0.6) is 0 Å². The van der Waals surface area contributed by atoms with E-state index in [0.29, 0.717) is 0 Å². The second-order valence-electron chi connectivity index (χ2n) is 4.46. The number of likely N-dealkylation sites (tertiary alicyclic amines) is 1. The lowest BCUT2D eigenvalue weighted by Crippen LogP contribution is -2.51. The number of ether oxygens (including phenoxy) is 1. The molecule has 0 aromatic heterocycles. The zero-order valence-corrected chi connectivity index (χ0v) is 10.8. The Hall–Kier alpha value is -0.260. The molecule has 0 aromatic rings. The standard InChI is InChI=1S/C11H20N2O2S/c1-3-13-6-4-11(5-7-13)12-9(8-16-11)10(14)15-2/h9,12H,3-8H2,1-2H3/t9-/m1/s1. The number of methoxy groups -OCH3 is 1. The largest absolute Gasteiger partial charge is 0.468 e. The van der Waals surface area contributed by atoms with Gasteiger partial charge in [0.1, 0.15) is 6.04 Å². The van der Waals surface area contributed by atoms with Crippen LogP contribution in [0.4, 0.5) is 0 Å². The maximum Gasteiger partial charge on any atom is 0.323 e. The van der Waals surface area contributed by atoms with Gasteiger partial charge >= 0.3 is 5.97 Å². The molecule has 5 heteroatoms. The molecule has 2 fully saturated rings. The molecule has 16 heavy (non-hydrogen) atoms. The van der Waals surface area contributed by atoms with E-state index in [4.69, 9.17) is 4.74 Å². The maximum atomic E-state index is 11.5. The minimum absolute atomic E-state index is 0.108. The summed E-state index contributed by atoms with van der Waals surface area (Å²) in [6.45, 7) is 5.58. The number of hydrogen-bond acceptors (Lipinski definition) is 5. The van der Waals surface area contributed by atoms with E-state index in [9.17, 15) is 4.79 Å². The Morgan fingerprint density at radius 2 is 2.25 bits per heavy atom. The molecular weight excluding hydrogens is 224 g/mol. The van der Waals surface area contributed by atoms with Crippen molar-refractivity contribution in [3.8, 4) is 0 Å². The minimum atomic E-state index is -0.123. The van der Waals surface area contributed by atoms with Gasteiger partial charge in [0, 0.05) is 18.8 Å². The van der Waals surface area contributed by atoms with Gasteiger partial charge in [0.2, 0.25) is 0 Å². The quantitative estimate of drug-likeness (QED) is 0.723. The fraction of sp³-hybridized carbons (Fsp3) is 0.909. The van der Waals surface area contributed by atoms with Crippen LogP contribution in [0.3, 0.4) is 0 Å². The molecule has 1 N–H and O–H groups in total.